The molecular weight excluding hydrogens is 296 g/mol. The van der Waals surface area contributed by atoms with Crippen LogP contribution in [0.25, 0.3) is 0 Å². The molecule has 2 aliphatic rings. The molecule has 2 rings (SSSR count). The van der Waals surface area contributed by atoms with Crippen molar-refractivity contribution in [1.82, 2.24) is 15.1 Å². The predicted octanol–water partition coefficient (Wildman–Crippen LogP) is 0.920. The first kappa shape index (κ1) is 16.9. The van der Waals surface area contributed by atoms with Gasteiger partial charge in [0.15, 0.2) is 0 Å². The maximum atomic E-state index is 14.1. The third-order valence-corrected chi connectivity index (χ3v) is 3.69. The minimum atomic E-state index is -3.22. The van der Waals surface area contributed by atoms with Gasteiger partial charge in [-0.1, -0.05) is 0 Å². The number of halogens is 2. The van der Waals surface area contributed by atoms with Gasteiger partial charge in [0.1, 0.15) is 11.5 Å². The third-order valence-electron chi connectivity index (χ3n) is 3.69. The molecular formula is C14H23F2N3O3. The Bertz CT molecular complexity index is 445. The summed E-state index contributed by atoms with van der Waals surface area (Å²) in [4.78, 5) is 26.6. The maximum Gasteiger partial charge on any atom is 0.410 e. The first-order chi connectivity index (χ1) is 10.1. The Hall–Kier alpha value is -1.44. The van der Waals surface area contributed by atoms with Crippen LogP contribution in [0.5, 0.6) is 0 Å². The Morgan fingerprint density at radius 2 is 1.77 bits per heavy atom. The van der Waals surface area contributed by atoms with Crippen LogP contribution in [0.4, 0.5) is 13.6 Å². The smallest absolute Gasteiger partial charge is 0.410 e. The Kier molecular flexibility index (Phi) is 4.60. The van der Waals surface area contributed by atoms with Gasteiger partial charge in [0, 0.05) is 32.7 Å². The number of alkyl halides is 2. The molecule has 22 heavy (non-hydrogen) atoms. The van der Waals surface area contributed by atoms with E-state index >= 15 is 0 Å². The lowest BCUT2D eigenvalue weighted by molar-refractivity contribution is -0.145. The molecule has 1 unspecified atom stereocenters. The number of rotatable bonds is 1. The minimum Gasteiger partial charge on any atom is -0.444 e. The number of nitrogens with one attached hydrogen (secondary N) is 1. The molecule has 1 N–H and O–H groups in total. The molecule has 0 aromatic carbocycles. The largest absolute Gasteiger partial charge is 0.444 e. The monoisotopic (exact) mass is 319 g/mol. The van der Waals surface area contributed by atoms with E-state index in [4.69, 9.17) is 4.74 Å². The number of hydrogen-bond donors (Lipinski definition) is 1. The van der Waals surface area contributed by atoms with E-state index in [1.54, 1.807) is 20.8 Å². The normalized spacial score (nSPS) is 25.2. The van der Waals surface area contributed by atoms with Crippen LogP contribution in [0, 0.1) is 5.92 Å². The molecule has 0 saturated carbocycles. The summed E-state index contributed by atoms with van der Waals surface area (Å²) in [6, 6.07) is 0. The van der Waals surface area contributed by atoms with Crippen LogP contribution in [-0.2, 0) is 9.53 Å². The first-order valence-corrected chi connectivity index (χ1v) is 7.45. The summed E-state index contributed by atoms with van der Waals surface area (Å²) in [6.07, 6.45) is -0.803. The maximum absolute atomic E-state index is 14.1. The van der Waals surface area contributed by atoms with Crippen molar-refractivity contribution in [2.75, 3.05) is 39.3 Å². The highest BCUT2D eigenvalue weighted by molar-refractivity contribution is 5.82. The van der Waals surface area contributed by atoms with Crippen molar-refractivity contribution >= 4 is 12.0 Å². The van der Waals surface area contributed by atoms with E-state index in [-0.39, 0.29) is 6.54 Å². The van der Waals surface area contributed by atoms with Crippen molar-refractivity contribution in [3.8, 4) is 0 Å². The average molecular weight is 319 g/mol. The first-order valence-electron chi connectivity index (χ1n) is 7.45. The van der Waals surface area contributed by atoms with Crippen LogP contribution >= 0.6 is 0 Å². The highest BCUT2D eigenvalue weighted by Gasteiger charge is 2.54. The van der Waals surface area contributed by atoms with Gasteiger partial charge in [0.2, 0.25) is 5.91 Å². The van der Waals surface area contributed by atoms with Crippen molar-refractivity contribution in [2.24, 2.45) is 5.92 Å². The van der Waals surface area contributed by atoms with Crippen LogP contribution in [0.2, 0.25) is 0 Å². The van der Waals surface area contributed by atoms with Gasteiger partial charge in [-0.2, -0.15) is 0 Å². The van der Waals surface area contributed by atoms with Gasteiger partial charge >= 0.3 is 6.09 Å². The zero-order valence-electron chi connectivity index (χ0n) is 13.2. The summed E-state index contributed by atoms with van der Waals surface area (Å²) in [5, 5.41) is 3.07. The van der Waals surface area contributed by atoms with Crippen LogP contribution in [0.1, 0.15) is 20.8 Å². The molecule has 0 aromatic rings. The van der Waals surface area contributed by atoms with E-state index in [0.29, 0.717) is 26.2 Å². The number of nitrogens with zero attached hydrogens (tertiary/aromatic N) is 2. The molecule has 0 spiro atoms. The van der Waals surface area contributed by atoms with Crippen molar-refractivity contribution < 1.29 is 23.1 Å². The second-order valence-corrected chi connectivity index (χ2v) is 6.75. The van der Waals surface area contributed by atoms with Crippen molar-refractivity contribution in [2.45, 2.75) is 32.3 Å². The van der Waals surface area contributed by atoms with Crippen LogP contribution in [-0.4, -0.2) is 72.6 Å². The highest BCUT2D eigenvalue weighted by Crippen LogP contribution is 2.35. The van der Waals surface area contributed by atoms with E-state index < -0.39 is 36.0 Å². The fraction of sp³-hybridized carbons (Fsp3) is 0.857. The molecule has 0 aromatic heterocycles. The van der Waals surface area contributed by atoms with Gasteiger partial charge in [-0.3, -0.25) is 4.79 Å². The zero-order valence-corrected chi connectivity index (χ0v) is 13.2. The molecule has 2 aliphatic heterocycles. The SMILES string of the molecule is CC(C)(C)OC(=O)N1CC(C(=O)N2CCNCC2)C(F)(F)C1. The lowest BCUT2D eigenvalue weighted by atomic mass is 10.0. The van der Waals surface area contributed by atoms with E-state index in [9.17, 15) is 18.4 Å². The van der Waals surface area contributed by atoms with Gasteiger partial charge in [-0.25, -0.2) is 13.6 Å². The summed E-state index contributed by atoms with van der Waals surface area (Å²) >= 11 is 0. The second-order valence-electron chi connectivity index (χ2n) is 6.75. The number of carbonyl (C=O) groups is 2. The van der Waals surface area contributed by atoms with Gasteiger partial charge in [0.25, 0.3) is 5.92 Å². The molecule has 2 saturated heterocycles. The summed E-state index contributed by atoms with van der Waals surface area (Å²) in [7, 11) is 0. The molecule has 0 radical (unpaired) electrons. The molecule has 126 valence electrons. The molecule has 2 fully saturated rings. The summed E-state index contributed by atoms with van der Waals surface area (Å²) in [5.41, 5.74) is -0.757. The van der Waals surface area contributed by atoms with Gasteiger partial charge in [-0.05, 0) is 20.8 Å². The van der Waals surface area contributed by atoms with Crippen molar-refractivity contribution in [3.05, 3.63) is 0 Å². The number of likely N-dealkylation sites (tertiary alicyclic amines) is 1. The van der Waals surface area contributed by atoms with Crippen LogP contribution < -0.4 is 5.32 Å². The number of carbonyl (C=O) groups excluding carboxylic acids is 2. The summed E-state index contributed by atoms with van der Waals surface area (Å²) in [5.74, 6) is -5.30. The molecule has 0 bridgehead atoms. The zero-order chi connectivity index (χ0) is 16.5. The van der Waals surface area contributed by atoms with E-state index in [2.05, 4.69) is 5.32 Å². The number of hydrogen-bond acceptors (Lipinski definition) is 4. The molecule has 8 heteroatoms. The molecule has 1 atom stereocenters. The van der Waals surface area contributed by atoms with E-state index in [1.807, 2.05) is 0 Å². The van der Waals surface area contributed by atoms with Crippen molar-refractivity contribution in [3.63, 3.8) is 0 Å². The fourth-order valence-electron chi connectivity index (χ4n) is 2.61. The molecule has 6 nitrogen and oxygen atoms in total. The number of piperazine rings is 1. The predicted molar refractivity (Wildman–Crippen MR) is 75.7 cm³/mol. The van der Waals surface area contributed by atoms with Crippen LogP contribution in [0.15, 0.2) is 0 Å². The second kappa shape index (κ2) is 5.98. The molecule has 2 heterocycles. The van der Waals surface area contributed by atoms with E-state index in [1.165, 1.54) is 4.90 Å². The standard InChI is InChI=1S/C14H23F2N3O3/c1-13(2,3)22-12(21)19-8-10(14(15,16)9-19)11(20)18-6-4-17-5-7-18/h10,17H,4-9H2,1-3H3. The van der Waals surface area contributed by atoms with Gasteiger partial charge < -0.3 is 19.9 Å². The Labute approximate surface area is 128 Å². The van der Waals surface area contributed by atoms with Gasteiger partial charge in [-0.15, -0.1) is 0 Å². The number of amides is 2. The Balaban J connectivity index is 2.03. The fourth-order valence-corrected chi connectivity index (χ4v) is 2.61. The lowest BCUT2D eigenvalue weighted by Gasteiger charge is -2.30. The lowest BCUT2D eigenvalue weighted by Crippen LogP contribution is -2.51. The Morgan fingerprint density at radius 1 is 1.18 bits per heavy atom. The number of ether oxygens (including phenoxy) is 1. The average Bonchev–Trinajstić information content (AvgIpc) is 2.73. The van der Waals surface area contributed by atoms with E-state index in [0.717, 1.165) is 4.90 Å². The van der Waals surface area contributed by atoms with Gasteiger partial charge in [0.05, 0.1) is 6.54 Å². The topological polar surface area (TPSA) is 61.9 Å². The minimum absolute atomic E-state index is 0.301. The summed E-state index contributed by atoms with van der Waals surface area (Å²) < 4.78 is 33.4. The Morgan fingerprint density at radius 3 is 2.32 bits per heavy atom. The highest BCUT2D eigenvalue weighted by atomic mass is 19.3. The molecule has 0 aliphatic carbocycles. The van der Waals surface area contributed by atoms with Crippen molar-refractivity contribution in [1.29, 1.82) is 0 Å². The molecule has 2 amide bonds. The quantitative estimate of drug-likeness (QED) is 0.781. The van der Waals surface area contributed by atoms with Crippen LogP contribution in [0.3, 0.4) is 0 Å². The summed E-state index contributed by atoms with van der Waals surface area (Å²) in [6.45, 7) is 5.96. The third kappa shape index (κ3) is 3.85.